The van der Waals surface area contributed by atoms with Gasteiger partial charge in [0, 0.05) is 11.1 Å². The number of nitrogens with zero attached hydrogens (tertiary/aromatic N) is 1. The van der Waals surface area contributed by atoms with Gasteiger partial charge < -0.3 is 15.8 Å². The molecule has 5 nitrogen and oxygen atoms in total. The van der Waals surface area contributed by atoms with Gasteiger partial charge in [-0.3, -0.25) is 4.79 Å². The number of hydrogen-bond donors (Lipinski definition) is 2. The molecular formula is C17H12ClF4N3O2S. The number of benzene rings is 1. The molecule has 0 fully saturated rings. The molecule has 0 aliphatic heterocycles. The van der Waals surface area contributed by atoms with E-state index >= 15 is 0 Å². The molecular weight excluding hydrogens is 422 g/mol. The Labute approximate surface area is 165 Å². The number of nitrogen functional groups attached to an aromatic ring is 1. The van der Waals surface area contributed by atoms with Crippen molar-refractivity contribution in [3.63, 3.8) is 0 Å². The monoisotopic (exact) mass is 433 g/mol. The van der Waals surface area contributed by atoms with Gasteiger partial charge in [0.05, 0.1) is 10.7 Å². The molecule has 0 atom stereocenters. The molecule has 3 aromatic rings. The molecule has 1 amide bonds. The third kappa shape index (κ3) is 3.97. The van der Waals surface area contributed by atoms with Crippen LogP contribution in [0, 0.1) is 6.92 Å². The van der Waals surface area contributed by atoms with Crippen molar-refractivity contribution in [2.75, 3.05) is 11.1 Å². The first-order chi connectivity index (χ1) is 13.2. The van der Waals surface area contributed by atoms with Crippen LogP contribution in [0.15, 0.2) is 24.3 Å². The third-order valence-electron chi connectivity index (χ3n) is 3.75. The molecule has 0 bridgehead atoms. The minimum Gasteiger partial charge on any atom is -0.433 e. The lowest BCUT2D eigenvalue weighted by Crippen LogP contribution is -2.12. The summed E-state index contributed by atoms with van der Waals surface area (Å²) in [6, 6.07) is 4.96. The Bertz CT molecular complexity index is 1060. The fourth-order valence-electron chi connectivity index (χ4n) is 2.57. The Morgan fingerprint density at radius 2 is 2.00 bits per heavy atom. The Balaban J connectivity index is 1.90. The number of fused-ring (bicyclic) bond motifs is 1. The largest absolute Gasteiger partial charge is 0.433 e. The number of amides is 1. The van der Waals surface area contributed by atoms with Gasteiger partial charge >= 0.3 is 6.61 Å². The summed E-state index contributed by atoms with van der Waals surface area (Å²) in [7, 11) is 0. The van der Waals surface area contributed by atoms with Crippen molar-refractivity contribution in [2.45, 2.75) is 20.0 Å². The van der Waals surface area contributed by atoms with Crippen molar-refractivity contribution in [2.24, 2.45) is 0 Å². The summed E-state index contributed by atoms with van der Waals surface area (Å²) in [5, 5.41) is 2.83. The number of thiophene rings is 1. The number of hydrogen-bond acceptors (Lipinski definition) is 5. The Morgan fingerprint density at radius 1 is 1.29 bits per heavy atom. The molecule has 148 valence electrons. The number of carbonyl (C=O) groups excluding carboxylic acids is 1. The predicted molar refractivity (Wildman–Crippen MR) is 99.8 cm³/mol. The first-order valence-electron chi connectivity index (χ1n) is 7.70. The molecule has 0 unspecified atom stereocenters. The van der Waals surface area contributed by atoms with Gasteiger partial charge in [-0.1, -0.05) is 11.6 Å². The van der Waals surface area contributed by atoms with Crippen LogP contribution in [0.5, 0.6) is 5.75 Å². The molecule has 0 aliphatic rings. The Hall–Kier alpha value is -2.59. The van der Waals surface area contributed by atoms with E-state index in [9.17, 15) is 22.4 Å². The zero-order valence-electron chi connectivity index (χ0n) is 14.1. The lowest BCUT2D eigenvalue weighted by molar-refractivity contribution is -0.0497. The molecule has 1 aromatic carbocycles. The van der Waals surface area contributed by atoms with E-state index < -0.39 is 24.6 Å². The lowest BCUT2D eigenvalue weighted by atomic mass is 10.1. The van der Waals surface area contributed by atoms with Gasteiger partial charge in [-0.05, 0) is 36.8 Å². The second kappa shape index (κ2) is 7.80. The van der Waals surface area contributed by atoms with Crippen molar-refractivity contribution in [1.29, 1.82) is 0 Å². The summed E-state index contributed by atoms with van der Waals surface area (Å²) < 4.78 is 54.7. The molecule has 3 N–H and O–H groups in total. The standard InChI is InChI=1S/C17H12ClF4N3O2S/c1-6-4-9(14(19)20)25-16-11(6)12(23)13(28-16)15(26)24-7-2-3-10(8(18)5-7)27-17(21)22/h2-5,14,17H,23H2,1H3,(H,24,26). The van der Waals surface area contributed by atoms with Gasteiger partial charge in [-0.2, -0.15) is 8.78 Å². The minimum absolute atomic E-state index is 0.0843. The van der Waals surface area contributed by atoms with Crippen LogP contribution >= 0.6 is 22.9 Å². The molecule has 2 heterocycles. The maximum absolute atomic E-state index is 12.9. The average molecular weight is 434 g/mol. The number of carbonyl (C=O) groups is 1. The number of halogens is 5. The summed E-state index contributed by atoms with van der Waals surface area (Å²) in [6.07, 6.45) is -2.75. The fraction of sp³-hybridized carbons (Fsp3) is 0.176. The van der Waals surface area contributed by atoms with E-state index in [-0.39, 0.29) is 31.9 Å². The smallest absolute Gasteiger partial charge is 0.387 e. The van der Waals surface area contributed by atoms with Gasteiger partial charge in [0.15, 0.2) is 0 Å². The number of rotatable bonds is 5. The van der Waals surface area contributed by atoms with Gasteiger partial charge in [0.25, 0.3) is 12.3 Å². The summed E-state index contributed by atoms with van der Waals surface area (Å²) >= 11 is 6.73. The number of nitrogens with two attached hydrogens (primary N) is 1. The quantitative estimate of drug-likeness (QED) is 0.511. The molecule has 0 saturated heterocycles. The Kier molecular flexibility index (Phi) is 5.61. The molecule has 0 aliphatic carbocycles. The minimum atomic E-state index is -3.04. The van der Waals surface area contributed by atoms with Crippen LogP contribution in [0.3, 0.4) is 0 Å². The molecule has 11 heteroatoms. The van der Waals surface area contributed by atoms with Crippen molar-refractivity contribution in [3.05, 3.63) is 45.4 Å². The molecule has 0 radical (unpaired) electrons. The van der Waals surface area contributed by atoms with Gasteiger partial charge in [0.1, 0.15) is 21.2 Å². The van der Waals surface area contributed by atoms with Crippen LogP contribution in [0.2, 0.25) is 5.02 Å². The van der Waals surface area contributed by atoms with E-state index in [1.165, 1.54) is 24.3 Å². The second-order valence-electron chi connectivity index (χ2n) is 5.67. The normalized spacial score (nSPS) is 11.4. The number of aryl methyl sites for hydroxylation is 1. The highest BCUT2D eigenvalue weighted by molar-refractivity contribution is 7.21. The second-order valence-corrected chi connectivity index (χ2v) is 7.07. The highest BCUT2D eigenvalue weighted by atomic mass is 35.5. The number of alkyl halides is 4. The van der Waals surface area contributed by atoms with Gasteiger partial charge in [0.2, 0.25) is 0 Å². The van der Waals surface area contributed by atoms with Crippen LogP contribution in [0.1, 0.15) is 27.4 Å². The zero-order chi connectivity index (χ0) is 20.6. The molecule has 2 aromatic heterocycles. The molecule has 0 saturated carbocycles. The van der Waals surface area contributed by atoms with E-state index in [4.69, 9.17) is 17.3 Å². The summed E-state index contributed by atoms with van der Waals surface area (Å²) in [4.78, 5) is 16.7. The van der Waals surface area contributed by atoms with Crippen LogP contribution in [0.4, 0.5) is 28.9 Å². The van der Waals surface area contributed by atoms with E-state index in [0.717, 1.165) is 11.3 Å². The van der Waals surface area contributed by atoms with Crippen LogP contribution in [-0.4, -0.2) is 17.5 Å². The van der Waals surface area contributed by atoms with Crippen molar-refractivity contribution in [3.8, 4) is 5.75 Å². The highest BCUT2D eigenvalue weighted by Gasteiger charge is 2.21. The molecule has 28 heavy (non-hydrogen) atoms. The number of pyridine rings is 1. The van der Waals surface area contributed by atoms with Crippen LogP contribution in [-0.2, 0) is 0 Å². The SMILES string of the molecule is Cc1cc(C(F)F)nc2sc(C(=O)Nc3ccc(OC(F)F)c(Cl)c3)c(N)c12. The maximum Gasteiger partial charge on any atom is 0.387 e. The number of anilines is 2. The summed E-state index contributed by atoms with van der Waals surface area (Å²) in [6.45, 7) is -1.44. The molecule has 0 spiro atoms. The van der Waals surface area contributed by atoms with E-state index in [2.05, 4.69) is 15.0 Å². The van der Waals surface area contributed by atoms with Gasteiger partial charge in [-0.15, -0.1) is 11.3 Å². The average Bonchev–Trinajstić information content (AvgIpc) is 2.94. The Morgan fingerprint density at radius 3 is 2.61 bits per heavy atom. The zero-order valence-corrected chi connectivity index (χ0v) is 15.7. The van der Waals surface area contributed by atoms with Crippen molar-refractivity contribution >= 4 is 50.4 Å². The van der Waals surface area contributed by atoms with Crippen LogP contribution in [0.25, 0.3) is 10.2 Å². The topological polar surface area (TPSA) is 77.2 Å². The van der Waals surface area contributed by atoms with Crippen LogP contribution < -0.4 is 15.8 Å². The summed E-state index contributed by atoms with van der Waals surface area (Å²) in [5.74, 6) is -0.854. The number of aromatic nitrogens is 1. The van der Waals surface area contributed by atoms with Crippen molar-refractivity contribution in [1.82, 2.24) is 4.98 Å². The van der Waals surface area contributed by atoms with E-state index in [1.54, 1.807) is 6.92 Å². The first kappa shape index (κ1) is 20.2. The molecule has 3 rings (SSSR count). The van der Waals surface area contributed by atoms with E-state index in [1.807, 2.05) is 0 Å². The predicted octanol–water partition coefficient (Wildman–Crippen LogP) is 5.63. The van der Waals surface area contributed by atoms with E-state index in [0.29, 0.717) is 10.9 Å². The number of ether oxygens (including phenoxy) is 1. The van der Waals surface area contributed by atoms with Gasteiger partial charge in [-0.25, -0.2) is 13.8 Å². The summed E-state index contributed by atoms with van der Waals surface area (Å²) in [5.41, 5.74) is 6.43. The highest BCUT2D eigenvalue weighted by Crippen LogP contribution is 2.37. The third-order valence-corrected chi connectivity index (χ3v) is 5.15. The first-order valence-corrected chi connectivity index (χ1v) is 8.90. The number of nitrogens with one attached hydrogen (secondary N) is 1. The lowest BCUT2D eigenvalue weighted by Gasteiger charge is -2.09. The van der Waals surface area contributed by atoms with Crippen molar-refractivity contribution < 1.29 is 27.1 Å². The maximum atomic E-state index is 12.9. The fourth-order valence-corrected chi connectivity index (χ4v) is 3.87.